The second-order valence-electron chi connectivity index (χ2n) is 5.55. The Hall–Kier alpha value is -1.94. The second-order valence-corrected chi connectivity index (χ2v) is 5.55. The van der Waals surface area contributed by atoms with Gasteiger partial charge in [-0.05, 0) is 51.5 Å². The van der Waals surface area contributed by atoms with Crippen molar-refractivity contribution in [3.63, 3.8) is 0 Å². The normalized spacial score (nSPS) is 12.2. The number of aromatic nitrogens is 1. The van der Waals surface area contributed by atoms with Crippen molar-refractivity contribution in [3.05, 3.63) is 52.8 Å². The summed E-state index contributed by atoms with van der Waals surface area (Å²) in [5.41, 5.74) is 7.75. The molecule has 2 aromatic rings. The van der Waals surface area contributed by atoms with Crippen LogP contribution in [0, 0.1) is 27.7 Å². The van der Waals surface area contributed by atoms with Gasteiger partial charge in [0.1, 0.15) is 18.5 Å². The number of hydrogen-bond donors (Lipinski definition) is 2. The van der Waals surface area contributed by atoms with E-state index in [1.165, 1.54) is 5.56 Å². The highest BCUT2D eigenvalue weighted by molar-refractivity contribution is 5.35. The van der Waals surface area contributed by atoms with Gasteiger partial charge >= 0.3 is 0 Å². The van der Waals surface area contributed by atoms with Gasteiger partial charge in [0.2, 0.25) is 0 Å². The fourth-order valence-electron chi connectivity index (χ4n) is 2.32. The number of benzene rings is 1. The van der Waals surface area contributed by atoms with Crippen LogP contribution in [0.2, 0.25) is 0 Å². The van der Waals surface area contributed by atoms with Gasteiger partial charge in [0.05, 0.1) is 6.54 Å². The van der Waals surface area contributed by atoms with E-state index in [1.807, 2.05) is 49.7 Å². The Balaban J connectivity index is 1.83. The van der Waals surface area contributed by atoms with Gasteiger partial charge in [-0.3, -0.25) is 4.68 Å². The van der Waals surface area contributed by atoms with Crippen LogP contribution in [0.1, 0.15) is 22.5 Å². The van der Waals surface area contributed by atoms with Gasteiger partial charge < -0.3 is 15.3 Å². The minimum Gasteiger partial charge on any atom is -0.491 e. The third-order valence-corrected chi connectivity index (χ3v) is 3.52. The van der Waals surface area contributed by atoms with Crippen LogP contribution in [0.5, 0.6) is 5.75 Å². The molecule has 0 fully saturated rings. The third-order valence-electron chi connectivity index (χ3n) is 3.52. The van der Waals surface area contributed by atoms with Crippen molar-refractivity contribution in [1.29, 1.82) is 0 Å². The average Bonchev–Trinajstić information content (AvgIpc) is 2.75. The molecule has 0 bridgehead atoms. The van der Waals surface area contributed by atoms with E-state index in [9.17, 15) is 5.11 Å². The van der Waals surface area contributed by atoms with Gasteiger partial charge in [-0.25, -0.2) is 0 Å². The SMILES string of the molecule is Cc1ccc(OCC(O)CNn2c(C)ccc2C)c(C)c1. The van der Waals surface area contributed by atoms with E-state index >= 15 is 0 Å². The van der Waals surface area contributed by atoms with E-state index in [1.54, 1.807) is 0 Å². The molecule has 1 heterocycles. The molecule has 0 saturated heterocycles. The molecule has 1 atom stereocenters. The van der Waals surface area contributed by atoms with E-state index in [0.29, 0.717) is 6.54 Å². The quantitative estimate of drug-likeness (QED) is 0.859. The zero-order valence-corrected chi connectivity index (χ0v) is 13.2. The van der Waals surface area contributed by atoms with Crippen LogP contribution in [0.3, 0.4) is 0 Å². The van der Waals surface area contributed by atoms with Crippen molar-refractivity contribution < 1.29 is 9.84 Å². The lowest BCUT2D eigenvalue weighted by Gasteiger charge is -2.17. The highest BCUT2D eigenvalue weighted by atomic mass is 16.5. The van der Waals surface area contributed by atoms with Crippen molar-refractivity contribution in [2.45, 2.75) is 33.8 Å². The zero-order valence-electron chi connectivity index (χ0n) is 13.2. The second kappa shape index (κ2) is 6.68. The van der Waals surface area contributed by atoms with E-state index in [-0.39, 0.29) is 6.61 Å². The number of nitrogens with one attached hydrogen (secondary N) is 1. The third kappa shape index (κ3) is 4.02. The molecule has 0 aliphatic carbocycles. The number of aliphatic hydroxyl groups is 1. The highest BCUT2D eigenvalue weighted by Gasteiger charge is 2.08. The Morgan fingerprint density at radius 2 is 1.76 bits per heavy atom. The number of hydrogen-bond acceptors (Lipinski definition) is 3. The molecule has 2 N–H and O–H groups in total. The summed E-state index contributed by atoms with van der Waals surface area (Å²) in [4.78, 5) is 0. The maximum absolute atomic E-state index is 10.0. The Bertz CT molecular complexity index is 585. The van der Waals surface area contributed by atoms with Gasteiger partial charge in [-0.15, -0.1) is 0 Å². The summed E-state index contributed by atoms with van der Waals surface area (Å²) in [6.45, 7) is 8.84. The molecule has 0 amide bonds. The summed E-state index contributed by atoms with van der Waals surface area (Å²) in [5.74, 6) is 0.827. The predicted molar refractivity (Wildman–Crippen MR) is 85.6 cm³/mol. The van der Waals surface area contributed by atoms with Crippen molar-refractivity contribution in [2.24, 2.45) is 0 Å². The van der Waals surface area contributed by atoms with Crippen LogP contribution in [0.4, 0.5) is 0 Å². The number of aliphatic hydroxyl groups excluding tert-OH is 1. The summed E-state index contributed by atoms with van der Waals surface area (Å²) in [6, 6.07) is 10.1. The Morgan fingerprint density at radius 1 is 1.10 bits per heavy atom. The molecule has 1 aromatic carbocycles. The molecule has 2 rings (SSSR count). The first kappa shape index (κ1) is 15.4. The van der Waals surface area contributed by atoms with E-state index in [0.717, 1.165) is 22.7 Å². The Labute approximate surface area is 126 Å². The van der Waals surface area contributed by atoms with Crippen LogP contribution in [0.25, 0.3) is 0 Å². The smallest absolute Gasteiger partial charge is 0.122 e. The fraction of sp³-hybridized carbons (Fsp3) is 0.412. The molecule has 0 saturated carbocycles. The first-order valence-electron chi connectivity index (χ1n) is 7.24. The maximum atomic E-state index is 10.0. The molecule has 114 valence electrons. The molecule has 0 aliphatic heterocycles. The largest absolute Gasteiger partial charge is 0.491 e. The van der Waals surface area contributed by atoms with Crippen LogP contribution in [-0.4, -0.2) is 29.0 Å². The number of ether oxygens (including phenoxy) is 1. The summed E-state index contributed by atoms with van der Waals surface area (Å²) in [5, 5.41) is 10.0. The summed E-state index contributed by atoms with van der Waals surface area (Å²) in [6.07, 6.45) is -0.563. The topological polar surface area (TPSA) is 46.4 Å². The first-order chi connectivity index (χ1) is 9.97. The van der Waals surface area contributed by atoms with Gasteiger partial charge in [-0.2, -0.15) is 0 Å². The van der Waals surface area contributed by atoms with Crippen molar-refractivity contribution in [1.82, 2.24) is 4.68 Å². The van der Waals surface area contributed by atoms with Crippen molar-refractivity contribution >= 4 is 0 Å². The van der Waals surface area contributed by atoms with Gasteiger partial charge in [0.15, 0.2) is 0 Å². The lowest BCUT2D eigenvalue weighted by atomic mass is 10.1. The summed E-state index contributed by atoms with van der Waals surface area (Å²) in [7, 11) is 0. The van der Waals surface area contributed by atoms with E-state index < -0.39 is 6.10 Å². The lowest BCUT2D eigenvalue weighted by molar-refractivity contribution is 0.115. The van der Waals surface area contributed by atoms with Gasteiger partial charge in [0.25, 0.3) is 0 Å². The molecule has 0 aliphatic rings. The molecule has 21 heavy (non-hydrogen) atoms. The number of aryl methyl sites for hydroxylation is 4. The molecule has 0 radical (unpaired) electrons. The van der Waals surface area contributed by atoms with Gasteiger partial charge in [0, 0.05) is 11.4 Å². The minimum absolute atomic E-state index is 0.274. The Morgan fingerprint density at radius 3 is 2.38 bits per heavy atom. The molecule has 4 heteroatoms. The van der Waals surface area contributed by atoms with Crippen molar-refractivity contribution in [2.75, 3.05) is 18.6 Å². The number of rotatable bonds is 6. The molecule has 4 nitrogen and oxygen atoms in total. The fourth-order valence-corrected chi connectivity index (χ4v) is 2.32. The van der Waals surface area contributed by atoms with E-state index in [4.69, 9.17) is 4.74 Å². The molecule has 1 unspecified atom stereocenters. The summed E-state index contributed by atoms with van der Waals surface area (Å²) < 4.78 is 7.66. The molecule has 0 spiro atoms. The molecular weight excluding hydrogens is 264 g/mol. The minimum atomic E-state index is -0.563. The summed E-state index contributed by atoms with van der Waals surface area (Å²) >= 11 is 0. The van der Waals surface area contributed by atoms with Crippen LogP contribution in [0.15, 0.2) is 30.3 Å². The maximum Gasteiger partial charge on any atom is 0.122 e. The van der Waals surface area contributed by atoms with Crippen LogP contribution in [-0.2, 0) is 0 Å². The highest BCUT2D eigenvalue weighted by Crippen LogP contribution is 2.18. The van der Waals surface area contributed by atoms with Gasteiger partial charge in [-0.1, -0.05) is 17.7 Å². The zero-order chi connectivity index (χ0) is 15.4. The Kier molecular flexibility index (Phi) is 4.91. The monoisotopic (exact) mass is 288 g/mol. The number of nitrogens with zero attached hydrogens (tertiary/aromatic N) is 1. The van der Waals surface area contributed by atoms with Crippen LogP contribution < -0.4 is 10.2 Å². The van der Waals surface area contributed by atoms with E-state index in [2.05, 4.69) is 18.4 Å². The lowest BCUT2D eigenvalue weighted by Crippen LogP contribution is -2.31. The molecule has 1 aromatic heterocycles. The predicted octanol–water partition coefficient (Wildman–Crippen LogP) is 2.71. The first-order valence-corrected chi connectivity index (χ1v) is 7.24. The standard InChI is InChI=1S/C17H24N2O2/c1-12-5-8-17(13(2)9-12)21-11-16(20)10-18-19-14(3)6-7-15(19)4/h5-9,16,18,20H,10-11H2,1-4H3. The van der Waals surface area contributed by atoms with Crippen molar-refractivity contribution in [3.8, 4) is 5.75 Å². The molecular formula is C17H24N2O2. The van der Waals surface area contributed by atoms with Crippen LogP contribution >= 0.6 is 0 Å². The average molecular weight is 288 g/mol.